The third-order valence-corrected chi connectivity index (χ3v) is 4.34. The molecule has 1 amide bonds. The highest BCUT2D eigenvalue weighted by atomic mass is 32.2. The van der Waals surface area contributed by atoms with Gasteiger partial charge in [0.1, 0.15) is 5.82 Å². The molecule has 0 radical (unpaired) electrons. The number of rotatable bonds is 6. The molecule has 3 aromatic rings. The Kier molecular flexibility index (Phi) is 5.39. The highest BCUT2D eigenvalue weighted by molar-refractivity contribution is 7.99. The van der Waals surface area contributed by atoms with Crippen LogP contribution in [-0.2, 0) is 11.3 Å². The van der Waals surface area contributed by atoms with E-state index < -0.39 is 0 Å². The van der Waals surface area contributed by atoms with Gasteiger partial charge in [0.15, 0.2) is 0 Å². The number of tetrazole rings is 1. The van der Waals surface area contributed by atoms with Crippen molar-refractivity contribution in [3.05, 3.63) is 65.5 Å². The fourth-order valence-electron chi connectivity index (χ4n) is 2.17. The van der Waals surface area contributed by atoms with E-state index in [2.05, 4.69) is 20.8 Å². The second-order valence-corrected chi connectivity index (χ2v) is 6.35. The molecule has 1 N–H and O–H groups in total. The molecular weight excluding hydrogens is 341 g/mol. The Balaban J connectivity index is 1.56. The van der Waals surface area contributed by atoms with E-state index in [0.717, 1.165) is 16.8 Å². The van der Waals surface area contributed by atoms with E-state index in [9.17, 15) is 9.18 Å². The van der Waals surface area contributed by atoms with Gasteiger partial charge in [0, 0.05) is 6.54 Å². The normalized spacial score (nSPS) is 10.6. The number of halogens is 1. The maximum atomic E-state index is 12.9. The minimum Gasteiger partial charge on any atom is -0.351 e. The summed E-state index contributed by atoms with van der Waals surface area (Å²) in [6.45, 7) is 2.34. The largest absolute Gasteiger partial charge is 0.351 e. The predicted octanol–water partition coefficient (Wildman–Crippen LogP) is 2.52. The van der Waals surface area contributed by atoms with Gasteiger partial charge in [-0.05, 0) is 52.7 Å². The van der Waals surface area contributed by atoms with E-state index in [-0.39, 0.29) is 17.5 Å². The number of amides is 1. The Morgan fingerprint density at radius 2 is 2.04 bits per heavy atom. The van der Waals surface area contributed by atoms with E-state index in [4.69, 9.17) is 0 Å². The first-order valence-electron chi connectivity index (χ1n) is 7.61. The van der Waals surface area contributed by atoms with Crippen LogP contribution >= 0.6 is 11.8 Å². The lowest BCUT2D eigenvalue weighted by atomic mass is 10.2. The molecule has 0 aliphatic heterocycles. The van der Waals surface area contributed by atoms with Gasteiger partial charge in [-0.25, -0.2) is 4.39 Å². The summed E-state index contributed by atoms with van der Waals surface area (Å²) in [6.07, 6.45) is 0. The van der Waals surface area contributed by atoms with Gasteiger partial charge < -0.3 is 5.32 Å². The lowest BCUT2D eigenvalue weighted by Gasteiger charge is -2.06. The molecule has 8 heteroatoms. The van der Waals surface area contributed by atoms with Crippen LogP contribution in [0.15, 0.2) is 53.7 Å². The summed E-state index contributed by atoms with van der Waals surface area (Å²) in [5, 5.41) is 15.0. The van der Waals surface area contributed by atoms with Crippen LogP contribution in [0, 0.1) is 12.7 Å². The van der Waals surface area contributed by atoms with E-state index in [1.165, 1.54) is 23.9 Å². The summed E-state index contributed by atoms with van der Waals surface area (Å²) in [5.41, 5.74) is 2.78. The van der Waals surface area contributed by atoms with Gasteiger partial charge in [-0.15, -0.1) is 5.10 Å². The Hall–Kier alpha value is -2.74. The van der Waals surface area contributed by atoms with Gasteiger partial charge >= 0.3 is 0 Å². The van der Waals surface area contributed by atoms with Gasteiger partial charge in [0.05, 0.1) is 11.4 Å². The highest BCUT2D eigenvalue weighted by Crippen LogP contribution is 2.18. The van der Waals surface area contributed by atoms with Crippen molar-refractivity contribution in [2.45, 2.75) is 18.6 Å². The van der Waals surface area contributed by atoms with Crippen molar-refractivity contribution in [1.82, 2.24) is 25.5 Å². The lowest BCUT2D eigenvalue weighted by molar-refractivity contribution is -0.118. The molecule has 128 valence electrons. The molecule has 6 nitrogen and oxygen atoms in total. The van der Waals surface area contributed by atoms with E-state index in [1.807, 2.05) is 31.2 Å². The molecule has 0 bridgehead atoms. The zero-order chi connectivity index (χ0) is 17.6. The molecule has 0 spiro atoms. The Morgan fingerprint density at radius 1 is 1.24 bits per heavy atom. The van der Waals surface area contributed by atoms with Crippen LogP contribution in [0.5, 0.6) is 0 Å². The maximum Gasteiger partial charge on any atom is 0.230 e. The summed E-state index contributed by atoms with van der Waals surface area (Å²) in [6, 6.07) is 13.8. The van der Waals surface area contributed by atoms with Crippen LogP contribution in [0.1, 0.15) is 11.1 Å². The molecule has 1 heterocycles. The summed E-state index contributed by atoms with van der Waals surface area (Å²) < 4.78 is 14.5. The Bertz CT molecular complexity index is 865. The number of carbonyl (C=O) groups excluding carboxylic acids is 1. The van der Waals surface area contributed by atoms with Crippen molar-refractivity contribution in [2.24, 2.45) is 0 Å². The predicted molar refractivity (Wildman–Crippen MR) is 92.9 cm³/mol. The molecule has 2 aromatic carbocycles. The first-order chi connectivity index (χ1) is 12.1. The fraction of sp³-hybridized carbons (Fsp3) is 0.176. The molecule has 25 heavy (non-hydrogen) atoms. The average Bonchev–Trinajstić information content (AvgIpc) is 3.08. The standard InChI is InChI=1S/C17H16FN5OS/c1-12-3-2-4-15(9-12)23-17(20-21-22-23)25-11-16(24)19-10-13-5-7-14(18)8-6-13/h2-9H,10-11H2,1H3,(H,19,24). The van der Waals surface area contributed by atoms with Gasteiger partial charge in [0.25, 0.3) is 0 Å². The first-order valence-corrected chi connectivity index (χ1v) is 8.60. The average molecular weight is 357 g/mol. The molecule has 1 aromatic heterocycles. The van der Waals surface area contributed by atoms with E-state index in [1.54, 1.807) is 16.8 Å². The number of carbonyl (C=O) groups is 1. The number of hydrogen-bond acceptors (Lipinski definition) is 5. The minimum absolute atomic E-state index is 0.145. The monoisotopic (exact) mass is 357 g/mol. The second kappa shape index (κ2) is 7.89. The zero-order valence-corrected chi connectivity index (χ0v) is 14.3. The number of thioether (sulfide) groups is 1. The van der Waals surface area contributed by atoms with Crippen LogP contribution in [0.3, 0.4) is 0 Å². The third kappa shape index (κ3) is 4.63. The quantitative estimate of drug-likeness (QED) is 0.686. The summed E-state index contributed by atoms with van der Waals surface area (Å²) in [4.78, 5) is 12.0. The number of hydrogen-bond donors (Lipinski definition) is 1. The van der Waals surface area contributed by atoms with Crippen LogP contribution in [0.2, 0.25) is 0 Å². The van der Waals surface area contributed by atoms with Gasteiger partial charge in [0.2, 0.25) is 11.1 Å². The zero-order valence-electron chi connectivity index (χ0n) is 13.5. The van der Waals surface area contributed by atoms with Crippen molar-refractivity contribution in [1.29, 1.82) is 0 Å². The van der Waals surface area contributed by atoms with Crippen LogP contribution in [0.4, 0.5) is 4.39 Å². The van der Waals surface area contributed by atoms with Crippen molar-refractivity contribution in [3.8, 4) is 5.69 Å². The molecule has 0 saturated carbocycles. The SMILES string of the molecule is Cc1cccc(-n2nnnc2SCC(=O)NCc2ccc(F)cc2)c1. The molecule has 0 saturated heterocycles. The van der Waals surface area contributed by atoms with Crippen LogP contribution < -0.4 is 5.32 Å². The van der Waals surface area contributed by atoms with Crippen molar-refractivity contribution >= 4 is 17.7 Å². The number of aryl methyl sites for hydroxylation is 1. The molecule has 0 atom stereocenters. The minimum atomic E-state index is -0.298. The van der Waals surface area contributed by atoms with Crippen LogP contribution in [-0.4, -0.2) is 31.9 Å². The smallest absolute Gasteiger partial charge is 0.230 e. The van der Waals surface area contributed by atoms with Gasteiger partial charge in [-0.3, -0.25) is 4.79 Å². The maximum absolute atomic E-state index is 12.9. The molecule has 0 fully saturated rings. The van der Waals surface area contributed by atoms with Gasteiger partial charge in [-0.2, -0.15) is 4.68 Å². The summed E-state index contributed by atoms with van der Waals surface area (Å²) in [5.74, 6) is -0.255. The topological polar surface area (TPSA) is 72.7 Å². The number of nitrogens with one attached hydrogen (secondary N) is 1. The van der Waals surface area contributed by atoms with E-state index in [0.29, 0.717) is 11.7 Å². The third-order valence-electron chi connectivity index (χ3n) is 3.42. The first kappa shape index (κ1) is 17.1. The van der Waals surface area contributed by atoms with Crippen LogP contribution in [0.25, 0.3) is 5.69 Å². The summed E-state index contributed by atoms with van der Waals surface area (Å²) in [7, 11) is 0. The Labute approximate surface area is 148 Å². The van der Waals surface area contributed by atoms with Crippen molar-refractivity contribution in [2.75, 3.05) is 5.75 Å². The van der Waals surface area contributed by atoms with E-state index >= 15 is 0 Å². The summed E-state index contributed by atoms with van der Waals surface area (Å²) >= 11 is 1.25. The number of nitrogens with zero attached hydrogens (tertiary/aromatic N) is 4. The molecule has 0 aliphatic rings. The molecular formula is C17H16FN5OS. The highest BCUT2D eigenvalue weighted by Gasteiger charge is 2.11. The van der Waals surface area contributed by atoms with Gasteiger partial charge in [-0.1, -0.05) is 36.0 Å². The molecule has 3 rings (SSSR count). The second-order valence-electron chi connectivity index (χ2n) is 5.40. The van der Waals surface area contributed by atoms with Crippen molar-refractivity contribution in [3.63, 3.8) is 0 Å². The number of aromatic nitrogens is 4. The molecule has 0 unspecified atom stereocenters. The fourth-order valence-corrected chi connectivity index (χ4v) is 2.90. The Morgan fingerprint density at radius 3 is 2.80 bits per heavy atom. The van der Waals surface area contributed by atoms with Crippen molar-refractivity contribution < 1.29 is 9.18 Å². The number of benzene rings is 2. The molecule has 0 aliphatic carbocycles. The lowest BCUT2D eigenvalue weighted by Crippen LogP contribution is -2.24.